The van der Waals surface area contributed by atoms with Gasteiger partial charge in [0.25, 0.3) is 0 Å². The van der Waals surface area contributed by atoms with Gasteiger partial charge in [-0.1, -0.05) is 127 Å². The van der Waals surface area contributed by atoms with E-state index in [-0.39, 0.29) is 31.1 Å². The zero-order chi connectivity index (χ0) is 45.0. The highest BCUT2D eigenvalue weighted by Crippen LogP contribution is 2.24. The third-order valence-corrected chi connectivity index (χ3v) is 10.1. The second-order valence-electron chi connectivity index (χ2n) is 16.5. The lowest BCUT2D eigenvalue weighted by molar-refractivity contribution is -0.146. The highest BCUT2D eigenvalue weighted by Gasteiger charge is 2.10. The van der Waals surface area contributed by atoms with Crippen LogP contribution in [0.2, 0.25) is 0 Å². The maximum Gasteiger partial charge on any atom is 0.320 e. The van der Waals surface area contributed by atoms with Crippen LogP contribution in [0, 0.1) is 0 Å². The number of benzene rings is 1. The molecule has 1 rings (SSSR count). The number of ether oxygens (including phenoxy) is 5. The predicted molar refractivity (Wildman–Crippen MR) is 256 cm³/mol. The number of unbranched alkanes of at least 4 members (excludes halogenated alkanes) is 16. The van der Waals surface area contributed by atoms with Gasteiger partial charge in [-0.15, -0.1) is 0 Å². The lowest BCUT2D eigenvalue weighted by Gasteiger charge is -2.14. The number of rotatable bonds is 42. The number of nitrogens with zero attached hydrogens (tertiary/aromatic N) is 1. The van der Waals surface area contributed by atoms with Gasteiger partial charge in [0.1, 0.15) is 18.1 Å². The molecular weight excluding hydrogens is 779 g/mol. The molecule has 0 saturated carbocycles. The number of hydrogen-bond acceptors (Lipinski definition) is 9. The van der Waals surface area contributed by atoms with Crippen LogP contribution in [0.4, 0.5) is 0 Å². The molecule has 0 N–H and O–H groups in total. The summed E-state index contributed by atoms with van der Waals surface area (Å²) in [6, 6.07) is 5.43. The van der Waals surface area contributed by atoms with Gasteiger partial charge in [0, 0.05) is 31.7 Å². The Bertz CT molecular complexity index is 1280. The molecule has 352 valence electrons. The topological polar surface area (TPSA) is 101 Å². The van der Waals surface area contributed by atoms with Crippen molar-refractivity contribution in [3.05, 3.63) is 72.4 Å². The van der Waals surface area contributed by atoms with E-state index in [1.165, 1.54) is 77.0 Å². The van der Waals surface area contributed by atoms with Gasteiger partial charge in [-0.05, 0) is 109 Å². The second kappa shape index (κ2) is 42.5. The van der Waals surface area contributed by atoms with Crippen LogP contribution in [0.5, 0.6) is 11.5 Å². The Labute approximate surface area is 378 Å². The van der Waals surface area contributed by atoms with Crippen molar-refractivity contribution in [3.63, 3.8) is 0 Å². The molecule has 0 saturated heterocycles. The summed E-state index contributed by atoms with van der Waals surface area (Å²) in [7, 11) is 3.62. The monoisotopic (exact) mass is 866 g/mol. The number of likely N-dealkylation sites (N-methyl/N-ethyl adjacent to an activating group) is 1. The van der Waals surface area contributed by atoms with Crippen LogP contribution in [-0.2, 0) is 35.2 Å². The Balaban J connectivity index is 2.27. The summed E-state index contributed by atoms with van der Waals surface area (Å²) in [5, 5.41) is 0. The van der Waals surface area contributed by atoms with Crippen LogP contribution in [0.25, 0.3) is 0 Å². The maximum atomic E-state index is 12.3. The van der Waals surface area contributed by atoms with Crippen molar-refractivity contribution >= 4 is 17.9 Å². The first-order valence-electron chi connectivity index (χ1n) is 24.4. The predicted octanol–water partition coefficient (Wildman–Crippen LogP) is 13.5. The molecule has 0 atom stereocenters. The maximum absolute atomic E-state index is 12.3. The fraction of sp³-hybridized carbons (Fsp3) is 0.679. The first kappa shape index (κ1) is 56.2. The number of hydrogen-bond donors (Lipinski definition) is 0. The molecule has 1 aromatic rings. The molecule has 0 heterocycles. The van der Waals surface area contributed by atoms with Crippen molar-refractivity contribution in [1.29, 1.82) is 0 Å². The van der Waals surface area contributed by atoms with Gasteiger partial charge in [-0.2, -0.15) is 0 Å². The van der Waals surface area contributed by atoms with E-state index < -0.39 is 0 Å². The Kier molecular flexibility index (Phi) is 38.5. The summed E-state index contributed by atoms with van der Waals surface area (Å²) in [6.45, 7) is 6.02. The van der Waals surface area contributed by atoms with Crippen molar-refractivity contribution in [2.24, 2.45) is 0 Å². The molecule has 62 heavy (non-hydrogen) atoms. The van der Waals surface area contributed by atoms with E-state index >= 15 is 0 Å². The molecule has 0 amide bonds. The van der Waals surface area contributed by atoms with Crippen molar-refractivity contribution in [2.75, 3.05) is 47.1 Å². The van der Waals surface area contributed by atoms with E-state index in [0.29, 0.717) is 63.6 Å². The molecule has 0 radical (unpaired) electrons. The fourth-order valence-corrected chi connectivity index (χ4v) is 6.52. The fourth-order valence-electron chi connectivity index (χ4n) is 6.52. The van der Waals surface area contributed by atoms with Crippen LogP contribution in [0.15, 0.2) is 66.8 Å². The first-order valence-corrected chi connectivity index (χ1v) is 24.4. The van der Waals surface area contributed by atoms with Gasteiger partial charge in [0.2, 0.25) is 0 Å². The average molecular weight is 866 g/mol. The largest absolute Gasteiger partial charge is 0.493 e. The summed E-state index contributed by atoms with van der Waals surface area (Å²) in [5.74, 6) is 0.482. The third-order valence-electron chi connectivity index (χ3n) is 10.1. The lowest BCUT2D eigenvalue weighted by atomic mass is 10.1. The minimum absolute atomic E-state index is 0.0812. The van der Waals surface area contributed by atoms with Crippen molar-refractivity contribution < 1.29 is 38.1 Å². The van der Waals surface area contributed by atoms with Gasteiger partial charge in [0.15, 0.2) is 0 Å². The first-order chi connectivity index (χ1) is 30.3. The molecule has 0 aromatic heterocycles. The number of allylic oxidation sites excluding steroid dienone is 8. The minimum Gasteiger partial charge on any atom is -0.493 e. The molecule has 0 aliphatic heterocycles. The Morgan fingerprint density at radius 3 is 1.27 bits per heavy atom. The van der Waals surface area contributed by atoms with Crippen LogP contribution >= 0.6 is 0 Å². The zero-order valence-corrected chi connectivity index (χ0v) is 39.7. The quantitative estimate of drug-likeness (QED) is 0.0275. The Morgan fingerprint density at radius 1 is 0.452 bits per heavy atom. The van der Waals surface area contributed by atoms with Crippen molar-refractivity contribution in [1.82, 2.24) is 4.90 Å². The molecule has 9 heteroatoms. The number of carbonyl (C=O) groups is 3. The van der Waals surface area contributed by atoms with Crippen molar-refractivity contribution in [2.45, 2.75) is 187 Å². The third kappa shape index (κ3) is 37.9. The van der Waals surface area contributed by atoms with E-state index in [9.17, 15) is 14.4 Å². The second-order valence-corrected chi connectivity index (χ2v) is 16.5. The van der Waals surface area contributed by atoms with Crippen LogP contribution in [0.3, 0.4) is 0 Å². The number of carbonyl (C=O) groups excluding carboxylic acids is 3. The van der Waals surface area contributed by atoms with E-state index in [4.69, 9.17) is 23.7 Å². The van der Waals surface area contributed by atoms with Crippen molar-refractivity contribution in [3.8, 4) is 11.5 Å². The van der Waals surface area contributed by atoms with Crippen LogP contribution in [0.1, 0.15) is 186 Å². The summed E-state index contributed by atoms with van der Waals surface area (Å²) in [5.41, 5.74) is 0.734. The van der Waals surface area contributed by atoms with E-state index in [1.54, 1.807) is 11.0 Å². The molecule has 0 aliphatic carbocycles. The Hall–Kier alpha value is -3.85. The van der Waals surface area contributed by atoms with E-state index in [2.05, 4.69) is 62.5 Å². The van der Waals surface area contributed by atoms with Gasteiger partial charge in [0.05, 0.1) is 33.0 Å². The SMILES string of the molecule is CCCCC/C=C\C/C=C\CCCCCCCC(=O)OCCCOc1cc(COC(=O)CN(C)C)cc(OCCCOC(=O)CCCCCCC/C=C/C/C=C\CCCCC)c1. The molecule has 0 spiro atoms. The highest BCUT2D eigenvalue weighted by atomic mass is 16.5. The molecule has 0 bridgehead atoms. The molecule has 0 aliphatic rings. The molecule has 0 fully saturated rings. The van der Waals surface area contributed by atoms with Crippen LogP contribution < -0.4 is 9.47 Å². The smallest absolute Gasteiger partial charge is 0.320 e. The van der Waals surface area contributed by atoms with Gasteiger partial charge >= 0.3 is 17.9 Å². The normalized spacial score (nSPS) is 11.8. The van der Waals surface area contributed by atoms with E-state index in [1.807, 2.05) is 26.2 Å². The summed E-state index contributed by atoms with van der Waals surface area (Å²) < 4.78 is 28.3. The van der Waals surface area contributed by atoms with E-state index in [0.717, 1.165) is 69.8 Å². The minimum atomic E-state index is -0.327. The molecular formula is C53H87NO8. The summed E-state index contributed by atoms with van der Waals surface area (Å²) >= 11 is 0. The van der Waals surface area contributed by atoms with Crippen LogP contribution in [-0.4, -0.2) is 69.9 Å². The van der Waals surface area contributed by atoms with Gasteiger partial charge in [-0.25, -0.2) is 0 Å². The summed E-state index contributed by atoms with van der Waals surface area (Å²) in [6.07, 6.45) is 45.4. The highest BCUT2D eigenvalue weighted by molar-refractivity contribution is 5.71. The lowest BCUT2D eigenvalue weighted by Crippen LogP contribution is -2.23. The van der Waals surface area contributed by atoms with Gasteiger partial charge in [-0.3, -0.25) is 19.3 Å². The standard InChI is InChI=1S/C53H87NO8/c1-5-7-9-11-13-15-17-19-21-23-25-27-29-31-33-37-51(55)60-41-35-39-58-49-43-48(47-62-53(57)46-54(3)4)44-50(45-49)59-40-36-42-61-52(56)38-34-32-30-28-26-24-22-20-18-16-14-12-10-8-6-2/h13-16,19-22,43-45H,5-12,17-18,23-42,46-47H2,1-4H3/b15-13-,16-14-,21-19-,22-20+. The molecule has 1 aromatic carbocycles. The zero-order valence-electron chi connectivity index (χ0n) is 39.7. The molecule has 9 nitrogen and oxygen atoms in total. The Morgan fingerprint density at radius 2 is 0.855 bits per heavy atom. The number of esters is 3. The molecule has 0 unspecified atom stereocenters. The van der Waals surface area contributed by atoms with Gasteiger partial charge < -0.3 is 23.7 Å². The average Bonchev–Trinajstić information content (AvgIpc) is 3.25. The summed E-state index contributed by atoms with van der Waals surface area (Å²) in [4.78, 5) is 38.5.